The van der Waals surface area contributed by atoms with E-state index in [1.54, 1.807) is 18.4 Å². The highest BCUT2D eigenvalue weighted by molar-refractivity contribution is 7.09. The summed E-state index contributed by atoms with van der Waals surface area (Å²) in [7, 11) is 1.67. The number of likely N-dealkylation sites (tertiary alicyclic amines) is 1. The van der Waals surface area contributed by atoms with Crippen LogP contribution < -0.4 is 4.74 Å². The van der Waals surface area contributed by atoms with Crippen molar-refractivity contribution in [3.63, 3.8) is 0 Å². The number of ether oxygens (including phenoxy) is 1. The number of carbonyl (C=O) groups excluding carboxylic acids is 1. The SMILES string of the molecule is COc1ccc(CCCC(=O)N2CCCC(c3nccs3)C2)cc1. The molecular weight excluding hydrogens is 320 g/mol. The Bertz CT molecular complexity index is 640. The lowest BCUT2D eigenvalue weighted by molar-refractivity contribution is -0.132. The van der Waals surface area contributed by atoms with E-state index in [4.69, 9.17) is 4.74 Å². The molecule has 0 radical (unpaired) electrons. The van der Waals surface area contributed by atoms with Gasteiger partial charge in [0, 0.05) is 37.0 Å². The van der Waals surface area contributed by atoms with Crippen LogP contribution in [0.2, 0.25) is 0 Å². The number of hydrogen-bond donors (Lipinski definition) is 0. The van der Waals surface area contributed by atoms with Crippen molar-refractivity contribution in [1.29, 1.82) is 0 Å². The minimum atomic E-state index is 0.282. The van der Waals surface area contributed by atoms with Crippen molar-refractivity contribution in [2.45, 2.75) is 38.0 Å². The number of piperidine rings is 1. The largest absolute Gasteiger partial charge is 0.497 e. The zero-order chi connectivity index (χ0) is 16.8. The van der Waals surface area contributed by atoms with Crippen LogP contribution in [0.3, 0.4) is 0 Å². The van der Waals surface area contributed by atoms with Gasteiger partial charge in [-0.3, -0.25) is 4.79 Å². The molecule has 1 atom stereocenters. The third kappa shape index (κ3) is 4.35. The molecule has 1 aromatic carbocycles. The molecule has 1 aromatic heterocycles. The van der Waals surface area contributed by atoms with E-state index in [2.05, 4.69) is 17.1 Å². The summed E-state index contributed by atoms with van der Waals surface area (Å²) < 4.78 is 5.17. The Morgan fingerprint density at radius 3 is 2.92 bits per heavy atom. The highest BCUT2D eigenvalue weighted by Gasteiger charge is 2.25. The van der Waals surface area contributed by atoms with Crippen LogP contribution in [0, 0.1) is 0 Å². The van der Waals surface area contributed by atoms with Crippen molar-refractivity contribution in [2.75, 3.05) is 20.2 Å². The average molecular weight is 344 g/mol. The normalized spacial score (nSPS) is 17.7. The molecule has 5 heteroatoms. The molecule has 0 spiro atoms. The molecule has 1 fully saturated rings. The van der Waals surface area contributed by atoms with Gasteiger partial charge >= 0.3 is 0 Å². The van der Waals surface area contributed by atoms with Gasteiger partial charge in [0.25, 0.3) is 0 Å². The number of hydrogen-bond acceptors (Lipinski definition) is 4. The second-order valence-corrected chi connectivity index (χ2v) is 7.18. The molecule has 0 aliphatic carbocycles. The van der Waals surface area contributed by atoms with Crippen LogP contribution in [0.25, 0.3) is 0 Å². The van der Waals surface area contributed by atoms with Gasteiger partial charge in [-0.2, -0.15) is 0 Å². The summed E-state index contributed by atoms with van der Waals surface area (Å²) in [6.07, 6.45) is 6.52. The zero-order valence-electron chi connectivity index (χ0n) is 14.1. The molecule has 1 aliphatic heterocycles. The first-order valence-corrected chi connectivity index (χ1v) is 9.44. The van der Waals surface area contributed by atoms with E-state index in [9.17, 15) is 4.79 Å². The molecule has 4 nitrogen and oxygen atoms in total. The smallest absolute Gasteiger partial charge is 0.222 e. The lowest BCUT2D eigenvalue weighted by Gasteiger charge is -2.32. The number of methoxy groups -OCH3 is 1. The maximum atomic E-state index is 12.5. The topological polar surface area (TPSA) is 42.4 Å². The summed E-state index contributed by atoms with van der Waals surface area (Å²) >= 11 is 1.70. The van der Waals surface area contributed by atoms with Gasteiger partial charge in [-0.1, -0.05) is 12.1 Å². The number of aromatic nitrogens is 1. The minimum absolute atomic E-state index is 0.282. The molecule has 128 valence electrons. The Labute approximate surface area is 147 Å². The molecule has 0 saturated carbocycles. The van der Waals surface area contributed by atoms with Crippen molar-refractivity contribution in [3.8, 4) is 5.75 Å². The van der Waals surface area contributed by atoms with Crippen LogP contribution in [-0.2, 0) is 11.2 Å². The fraction of sp³-hybridized carbons (Fsp3) is 0.474. The van der Waals surface area contributed by atoms with Gasteiger partial charge in [-0.15, -0.1) is 11.3 Å². The van der Waals surface area contributed by atoms with Crippen molar-refractivity contribution < 1.29 is 9.53 Å². The number of thiazole rings is 1. The molecule has 1 saturated heterocycles. The van der Waals surface area contributed by atoms with E-state index in [1.165, 1.54) is 10.6 Å². The van der Waals surface area contributed by atoms with Gasteiger partial charge in [-0.25, -0.2) is 4.98 Å². The summed E-state index contributed by atoms with van der Waals surface area (Å²) in [4.78, 5) is 18.9. The van der Waals surface area contributed by atoms with Crippen LogP contribution in [0.5, 0.6) is 5.75 Å². The molecule has 1 amide bonds. The highest BCUT2D eigenvalue weighted by Crippen LogP contribution is 2.28. The Balaban J connectivity index is 1.45. The van der Waals surface area contributed by atoms with E-state index in [0.29, 0.717) is 12.3 Å². The average Bonchev–Trinajstić information content (AvgIpc) is 3.17. The lowest BCUT2D eigenvalue weighted by atomic mass is 9.98. The van der Waals surface area contributed by atoms with Crippen molar-refractivity contribution in [1.82, 2.24) is 9.88 Å². The first-order chi connectivity index (χ1) is 11.8. The van der Waals surface area contributed by atoms with Crippen LogP contribution in [0.4, 0.5) is 0 Å². The quantitative estimate of drug-likeness (QED) is 0.798. The zero-order valence-corrected chi connectivity index (χ0v) is 14.9. The Morgan fingerprint density at radius 1 is 1.38 bits per heavy atom. The van der Waals surface area contributed by atoms with Gasteiger partial charge in [0.2, 0.25) is 5.91 Å². The fourth-order valence-corrected chi connectivity index (χ4v) is 4.00. The third-order valence-electron chi connectivity index (χ3n) is 4.59. The lowest BCUT2D eigenvalue weighted by Crippen LogP contribution is -2.39. The van der Waals surface area contributed by atoms with E-state index >= 15 is 0 Å². The fourth-order valence-electron chi connectivity index (χ4n) is 3.24. The summed E-state index contributed by atoms with van der Waals surface area (Å²) in [5.41, 5.74) is 1.25. The van der Waals surface area contributed by atoms with Crippen molar-refractivity contribution in [3.05, 3.63) is 46.4 Å². The third-order valence-corrected chi connectivity index (χ3v) is 5.53. The maximum absolute atomic E-state index is 12.5. The van der Waals surface area contributed by atoms with Gasteiger partial charge in [0.1, 0.15) is 5.75 Å². The Morgan fingerprint density at radius 2 is 2.21 bits per heavy atom. The van der Waals surface area contributed by atoms with E-state index < -0.39 is 0 Å². The summed E-state index contributed by atoms with van der Waals surface area (Å²) in [6.45, 7) is 1.72. The van der Waals surface area contributed by atoms with E-state index in [1.807, 2.05) is 28.6 Å². The second-order valence-electron chi connectivity index (χ2n) is 6.25. The number of aryl methyl sites for hydroxylation is 1. The number of benzene rings is 1. The molecular formula is C19H24N2O2S. The van der Waals surface area contributed by atoms with Gasteiger partial charge < -0.3 is 9.64 Å². The van der Waals surface area contributed by atoms with Gasteiger partial charge in [-0.05, 0) is 43.4 Å². The summed E-state index contributed by atoms with van der Waals surface area (Å²) in [5.74, 6) is 1.57. The van der Waals surface area contributed by atoms with Crippen LogP contribution in [0.1, 0.15) is 42.2 Å². The standard InChI is InChI=1S/C19H24N2O2S/c1-23-17-9-7-15(8-10-17)4-2-6-18(22)21-12-3-5-16(14-21)19-20-11-13-24-19/h7-11,13,16H,2-6,12,14H2,1H3. The highest BCUT2D eigenvalue weighted by atomic mass is 32.1. The number of rotatable bonds is 6. The minimum Gasteiger partial charge on any atom is -0.497 e. The molecule has 1 aliphatic rings. The van der Waals surface area contributed by atoms with Gasteiger partial charge in [0.05, 0.1) is 12.1 Å². The molecule has 2 aromatic rings. The predicted molar refractivity (Wildman–Crippen MR) is 96.6 cm³/mol. The summed E-state index contributed by atoms with van der Waals surface area (Å²) in [5, 5.41) is 3.19. The molecule has 24 heavy (non-hydrogen) atoms. The number of amides is 1. The molecule has 0 bridgehead atoms. The first-order valence-electron chi connectivity index (χ1n) is 8.56. The Hall–Kier alpha value is -1.88. The van der Waals surface area contributed by atoms with Crippen LogP contribution in [-0.4, -0.2) is 36.0 Å². The summed E-state index contributed by atoms with van der Waals surface area (Å²) in [6, 6.07) is 8.09. The second kappa shape index (κ2) is 8.29. The number of nitrogens with zero attached hydrogens (tertiary/aromatic N) is 2. The van der Waals surface area contributed by atoms with Crippen molar-refractivity contribution in [2.24, 2.45) is 0 Å². The monoisotopic (exact) mass is 344 g/mol. The Kier molecular flexibility index (Phi) is 5.86. The van der Waals surface area contributed by atoms with E-state index in [-0.39, 0.29) is 5.91 Å². The molecule has 3 rings (SSSR count). The number of carbonyl (C=O) groups is 1. The van der Waals surface area contributed by atoms with Crippen LogP contribution >= 0.6 is 11.3 Å². The first kappa shape index (κ1) is 17.0. The van der Waals surface area contributed by atoms with Crippen molar-refractivity contribution >= 4 is 17.2 Å². The molecule has 0 N–H and O–H groups in total. The maximum Gasteiger partial charge on any atom is 0.222 e. The molecule has 1 unspecified atom stereocenters. The van der Waals surface area contributed by atoms with Crippen LogP contribution in [0.15, 0.2) is 35.8 Å². The molecule has 2 heterocycles. The van der Waals surface area contributed by atoms with Gasteiger partial charge in [0.15, 0.2) is 0 Å². The van der Waals surface area contributed by atoms with E-state index in [0.717, 1.165) is 44.5 Å². The predicted octanol–water partition coefficient (Wildman–Crippen LogP) is 3.88.